The Balaban J connectivity index is 2.82. The van der Waals surface area contributed by atoms with E-state index in [0.29, 0.717) is 11.6 Å². The second-order valence-corrected chi connectivity index (χ2v) is 3.82. The number of hydrogen-bond acceptors (Lipinski definition) is 4. The van der Waals surface area contributed by atoms with Gasteiger partial charge in [-0.05, 0) is 20.9 Å². The molecule has 3 nitrogen and oxygen atoms in total. The summed E-state index contributed by atoms with van der Waals surface area (Å²) in [7, 11) is 1.76. The van der Waals surface area contributed by atoms with Crippen LogP contribution in [0.25, 0.3) is 0 Å². The van der Waals surface area contributed by atoms with Gasteiger partial charge in [0.15, 0.2) is 5.01 Å². The number of hydrogen-bond donors (Lipinski definition) is 1. The number of ketones is 1. The van der Waals surface area contributed by atoms with Crippen molar-refractivity contribution in [2.45, 2.75) is 13.8 Å². The Morgan fingerprint density at radius 3 is 2.67 bits per heavy atom. The molecule has 0 spiro atoms. The van der Waals surface area contributed by atoms with Gasteiger partial charge in [0, 0.05) is 4.88 Å². The third-order valence-corrected chi connectivity index (χ3v) is 2.72. The van der Waals surface area contributed by atoms with Crippen molar-refractivity contribution in [3.63, 3.8) is 0 Å². The maximum atomic E-state index is 11.3. The van der Waals surface area contributed by atoms with Gasteiger partial charge in [-0.3, -0.25) is 4.79 Å². The quantitative estimate of drug-likeness (QED) is 0.717. The maximum absolute atomic E-state index is 11.3. The molecule has 0 fully saturated rings. The molecule has 0 aromatic carbocycles. The van der Waals surface area contributed by atoms with Crippen molar-refractivity contribution in [3.05, 3.63) is 15.6 Å². The van der Waals surface area contributed by atoms with Crippen LogP contribution in [0.5, 0.6) is 0 Å². The molecule has 0 bridgehead atoms. The van der Waals surface area contributed by atoms with Crippen LogP contribution in [0.4, 0.5) is 0 Å². The number of rotatable bonds is 3. The van der Waals surface area contributed by atoms with Gasteiger partial charge in [0.1, 0.15) is 0 Å². The average molecular weight is 184 g/mol. The number of aryl methyl sites for hydroxylation is 2. The Hall–Kier alpha value is -0.740. The highest BCUT2D eigenvalue weighted by atomic mass is 32.1. The molecule has 0 radical (unpaired) electrons. The summed E-state index contributed by atoms with van der Waals surface area (Å²) in [6.45, 7) is 4.26. The van der Waals surface area contributed by atoms with Gasteiger partial charge in [0.2, 0.25) is 5.78 Å². The molecule has 0 amide bonds. The van der Waals surface area contributed by atoms with Crippen LogP contribution in [-0.2, 0) is 0 Å². The van der Waals surface area contributed by atoms with Gasteiger partial charge in [-0.1, -0.05) is 0 Å². The molecule has 0 unspecified atom stereocenters. The molecule has 1 aromatic heterocycles. The van der Waals surface area contributed by atoms with E-state index in [-0.39, 0.29) is 5.78 Å². The number of nitrogens with zero attached hydrogens (tertiary/aromatic N) is 1. The smallest absolute Gasteiger partial charge is 0.205 e. The summed E-state index contributed by atoms with van der Waals surface area (Å²) in [5, 5.41) is 3.42. The Kier molecular flexibility index (Phi) is 2.94. The molecule has 0 aliphatic carbocycles. The zero-order valence-corrected chi connectivity index (χ0v) is 8.29. The summed E-state index contributed by atoms with van der Waals surface area (Å²) in [4.78, 5) is 16.6. The van der Waals surface area contributed by atoms with Crippen LogP contribution in [0, 0.1) is 13.8 Å². The molecule has 1 aromatic rings. The lowest BCUT2D eigenvalue weighted by atomic mass is 10.4. The third-order valence-electron chi connectivity index (χ3n) is 1.60. The minimum Gasteiger partial charge on any atom is -0.313 e. The molecule has 0 saturated carbocycles. The van der Waals surface area contributed by atoms with Crippen LogP contribution >= 0.6 is 11.3 Å². The van der Waals surface area contributed by atoms with Crippen molar-refractivity contribution >= 4 is 17.1 Å². The molecule has 0 atom stereocenters. The molecule has 0 aliphatic rings. The highest BCUT2D eigenvalue weighted by Gasteiger charge is 2.10. The van der Waals surface area contributed by atoms with Gasteiger partial charge >= 0.3 is 0 Å². The third kappa shape index (κ3) is 1.89. The topological polar surface area (TPSA) is 42.0 Å². The molecule has 4 heteroatoms. The van der Waals surface area contributed by atoms with Gasteiger partial charge in [0.05, 0.1) is 12.2 Å². The summed E-state index contributed by atoms with van der Waals surface area (Å²) in [6, 6.07) is 0. The van der Waals surface area contributed by atoms with Crippen LogP contribution in [0.3, 0.4) is 0 Å². The van der Waals surface area contributed by atoms with Gasteiger partial charge in [-0.15, -0.1) is 11.3 Å². The fraction of sp³-hybridized carbons (Fsp3) is 0.500. The molecule has 1 rings (SSSR count). The van der Waals surface area contributed by atoms with Crippen LogP contribution in [0.1, 0.15) is 20.4 Å². The second-order valence-electron chi connectivity index (χ2n) is 2.61. The van der Waals surface area contributed by atoms with E-state index in [2.05, 4.69) is 10.3 Å². The summed E-state index contributed by atoms with van der Waals surface area (Å²) in [5.74, 6) is 0.0682. The SMILES string of the molecule is CNCC(=O)c1nc(C)c(C)s1. The van der Waals surface area contributed by atoms with Gasteiger partial charge in [-0.2, -0.15) is 0 Å². The van der Waals surface area contributed by atoms with E-state index in [4.69, 9.17) is 0 Å². The Bertz CT molecular complexity index is 274. The monoisotopic (exact) mass is 184 g/mol. The highest BCUT2D eigenvalue weighted by molar-refractivity contribution is 7.13. The van der Waals surface area contributed by atoms with E-state index >= 15 is 0 Å². The molecular weight excluding hydrogens is 172 g/mol. The normalized spacial score (nSPS) is 10.2. The van der Waals surface area contributed by atoms with E-state index < -0.39 is 0 Å². The van der Waals surface area contributed by atoms with Gasteiger partial charge in [-0.25, -0.2) is 4.98 Å². The molecule has 0 aliphatic heterocycles. The number of nitrogens with one attached hydrogen (secondary N) is 1. The van der Waals surface area contributed by atoms with Crippen LogP contribution in [0.2, 0.25) is 0 Å². The average Bonchev–Trinajstić information content (AvgIpc) is 2.33. The fourth-order valence-electron chi connectivity index (χ4n) is 0.828. The highest BCUT2D eigenvalue weighted by Crippen LogP contribution is 2.16. The lowest BCUT2D eigenvalue weighted by Gasteiger charge is -1.92. The first-order valence-electron chi connectivity index (χ1n) is 3.77. The summed E-state index contributed by atoms with van der Waals surface area (Å²) >= 11 is 1.46. The fourth-order valence-corrected chi connectivity index (χ4v) is 1.68. The Morgan fingerprint density at radius 1 is 1.58 bits per heavy atom. The minimum absolute atomic E-state index is 0.0682. The van der Waals surface area contributed by atoms with Crippen molar-refractivity contribution in [1.29, 1.82) is 0 Å². The van der Waals surface area contributed by atoms with E-state index in [0.717, 1.165) is 10.6 Å². The summed E-state index contributed by atoms with van der Waals surface area (Å²) < 4.78 is 0. The first-order chi connectivity index (χ1) is 5.65. The number of aromatic nitrogens is 1. The predicted molar refractivity (Wildman–Crippen MR) is 49.8 cm³/mol. The number of Topliss-reactive ketones (excluding diaryl/α,β-unsaturated/α-hetero) is 1. The van der Waals surface area contributed by atoms with Gasteiger partial charge in [0.25, 0.3) is 0 Å². The number of thiazole rings is 1. The largest absolute Gasteiger partial charge is 0.313 e. The van der Waals surface area contributed by atoms with Crippen LogP contribution < -0.4 is 5.32 Å². The van der Waals surface area contributed by atoms with E-state index in [9.17, 15) is 4.79 Å². The van der Waals surface area contributed by atoms with Crippen molar-refractivity contribution in [3.8, 4) is 0 Å². The Morgan fingerprint density at radius 2 is 2.25 bits per heavy atom. The minimum atomic E-state index is 0.0682. The molecule has 1 N–H and O–H groups in total. The lowest BCUT2D eigenvalue weighted by molar-refractivity contribution is 0.0993. The van der Waals surface area contributed by atoms with Crippen LogP contribution in [-0.4, -0.2) is 24.4 Å². The van der Waals surface area contributed by atoms with E-state index in [1.165, 1.54) is 11.3 Å². The first-order valence-corrected chi connectivity index (χ1v) is 4.58. The van der Waals surface area contributed by atoms with E-state index in [1.54, 1.807) is 7.05 Å². The molecule has 0 saturated heterocycles. The number of carbonyl (C=O) groups is 1. The van der Waals surface area contributed by atoms with Crippen LogP contribution in [0.15, 0.2) is 0 Å². The standard InChI is InChI=1S/C8H12N2OS/c1-5-6(2)12-8(10-5)7(11)4-9-3/h9H,4H2,1-3H3. The molecule has 66 valence electrons. The molecular formula is C8H12N2OS. The van der Waals surface area contributed by atoms with E-state index in [1.807, 2.05) is 13.8 Å². The van der Waals surface area contributed by atoms with Crippen molar-refractivity contribution in [1.82, 2.24) is 10.3 Å². The van der Waals surface area contributed by atoms with Crippen molar-refractivity contribution < 1.29 is 4.79 Å². The number of carbonyl (C=O) groups excluding carboxylic acids is 1. The van der Waals surface area contributed by atoms with Crippen molar-refractivity contribution in [2.75, 3.05) is 13.6 Å². The second kappa shape index (κ2) is 3.78. The molecule has 12 heavy (non-hydrogen) atoms. The van der Waals surface area contributed by atoms with Gasteiger partial charge < -0.3 is 5.32 Å². The Labute approximate surface area is 75.8 Å². The zero-order chi connectivity index (χ0) is 9.14. The lowest BCUT2D eigenvalue weighted by Crippen LogP contribution is -2.18. The molecule has 1 heterocycles. The first kappa shape index (κ1) is 9.35. The summed E-state index contributed by atoms with van der Waals surface area (Å²) in [5.41, 5.74) is 0.958. The summed E-state index contributed by atoms with van der Waals surface area (Å²) in [6.07, 6.45) is 0. The maximum Gasteiger partial charge on any atom is 0.205 e. The predicted octanol–water partition coefficient (Wildman–Crippen LogP) is 1.16. The number of likely N-dealkylation sites (N-methyl/N-ethyl adjacent to an activating group) is 1. The zero-order valence-electron chi connectivity index (χ0n) is 7.47. The van der Waals surface area contributed by atoms with Crippen molar-refractivity contribution in [2.24, 2.45) is 0 Å².